The van der Waals surface area contributed by atoms with Gasteiger partial charge in [-0.05, 0) is 31.9 Å². The van der Waals surface area contributed by atoms with Gasteiger partial charge < -0.3 is 10.5 Å². The van der Waals surface area contributed by atoms with E-state index in [0.717, 1.165) is 17.4 Å². The lowest BCUT2D eigenvalue weighted by molar-refractivity contribution is -0.0554. The van der Waals surface area contributed by atoms with Crippen molar-refractivity contribution in [3.05, 3.63) is 21.3 Å². The Kier molecular flexibility index (Phi) is 3.65. The van der Waals surface area contributed by atoms with Gasteiger partial charge in [-0.2, -0.15) is 0 Å². The third-order valence-electron chi connectivity index (χ3n) is 3.85. The summed E-state index contributed by atoms with van der Waals surface area (Å²) in [6.45, 7) is 4.08. The molecular weight excluding hydrogens is 268 g/mol. The van der Waals surface area contributed by atoms with Crippen molar-refractivity contribution in [2.45, 2.75) is 44.1 Å². The quantitative estimate of drug-likeness (QED) is 0.928. The van der Waals surface area contributed by atoms with E-state index in [9.17, 15) is 0 Å². The lowest BCUT2D eigenvalue weighted by Crippen LogP contribution is -2.48. The van der Waals surface area contributed by atoms with Gasteiger partial charge in [0.25, 0.3) is 0 Å². The summed E-state index contributed by atoms with van der Waals surface area (Å²) in [5.41, 5.74) is 6.20. The second-order valence-electron chi connectivity index (χ2n) is 5.36. The van der Waals surface area contributed by atoms with Crippen LogP contribution in [-0.4, -0.2) is 36.2 Å². The minimum absolute atomic E-state index is 0.109. The van der Waals surface area contributed by atoms with Crippen molar-refractivity contribution >= 4 is 22.9 Å². The summed E-state index contributed by atoms with van der Waals surface area (Å²) in [7, 11) is 0. The summed E-state index contributed by atoms with van der Waals surface area (Å²) in [5, 5.41) is 0. The van der Waals surface area contributed by atoms with Crippen LogP contribution >= 0.6 is 22.9 Å². The van der Waals surface area contributed by atoms with Crippen molar-refractivity contribution in [3.63, 3.8) is 0 Å². The normalized spacial score (nSPS) is 31.5. The number of thiophene rings is 1. The Labute approximate surface area is 117 Å². The van der Waals surface area contributed by atoms with Crippen molar-refractivity contribution in [2.75, 3.05) is 13.1 Å². The van der Waals surface area contributed by atoms with Crippen LogP contribution in [0.2, 0.25) is 4.34 Å². The minimum atomic E-state index is 0.109. The number of nitrogens with two attached hydrogens (primary N) is 1. The van der Waals surface area contributed by atoms with Crippen LogP contribution in [0, 0.1) is 0 Å². The van der Waals surface area contributed by atoms with Gasteiger partial charge in [-0.25, -0.2) is 0 Å². The number of morpholine rings is 1. The van der Waals surface area contributed by atoms with E-state index in [1.165, 1.54) is 17.7 Å². The van der Waals surface area contributed by atoms with Gasteiger partial charge in [0.05, 0.1) is 22.6 Å². The van der Waals surface area contributed by atoms with Gasteiger partial charge >= 0.3 is 0 Å². The van der Waals surface area contributed by atoms with E-state index in [1.54, 1.807) is 11.3 Å². The maximum absolute atomic E-state index is 6.20. The van der Waals surface area contributed by atoms with Gasteiger partial charge in [0.2, 0.25) is 0 Å². The standard InChI is InChI=1S/C13H19ClN2OS/c1-8(15)13(11-4-5-12(14)18-11)16-6-9-2-3-10(7-16)17-9/h4-5,8-10,13H,2-3,6-7,15H2,1H3. The van der Waals surface area contributed by atoms with Crippen LogP contribution in [0.5, 0.6) is 0 Å². The topological polar surface area (TPSA) is 38.5 Å². The summed E-state index contributed by atoms with van der Waals surface area (Å²) in [6.07, 6.45) is 3.19. The smallest absolute Gasteiger partial charge is 0.0931 e. The molecule has 2 bridgehead atoms. The fourth-order valence-corrected chi connectivity index (χ4v) is 4.44. The summed E-state index contributed by atoms with van der Waals surface area (Å²) in [6, 6.07) is 4.46. The third kappa shape index (κ3) is 2.45. The molecule has 3 rings (SSSR count). The van der Waals surface area contributed by atoms with E-state index in [2.05, 4.69) is 17.9 Å². The molecule has 0 radical (unpaired) electrons. The van der Waals surface area contributed by atoms with E-state index in [1.807, 2.05) is 6.07 Å². The van der Waals surface area contributed by atoms with Crippen molar-refractivity contribution in [2.24, 2.45) is 5.73 Å². The van der Waals surface area contributed by atoms with E-state index in [-0.39, 0.29) is 12.1 Å². The molecule has 1 aromatic rings. The average molecular weight is 287 g/mol. The molecule has 0 saturated carbocycles. The van der Waals surface area contributed by atoms with Crippen LogP contribution in [0.15, 0.2) is 12.1 Å². The molecule has 3 heterocycles. The molecule has 0 amide bonds. The number of rotatable bonds is 3. The monoisotopic (exact) mass is 286 g/mol. The van der Waals surface area contributed by atoms with Crippen LogP contribution in [-0.2, 0) is 4.74 Å². The zero-order valence-corrected chi connectivity index (χ0v) is 12.1. The van der Waals surface area contributed by atoms with Crippen molar-refractivity contribution in [1.29, 1.82) is 0 Å². The molecular formula is C13H19ClN2OS. The number of ether oxygens (including phenoxy) is 1. The largest absolute Gasteiger partial charge is 0.372 e. The zero-order chi connectivity index (χ0) is 12.7. The molecule has 2 N–H and O–H groups in total. The highest BCUT2D eigenvalue weighted by Crippen LogP contribution is 2.36. The number of likely N-dealkylation sites (tertiary alicyclic amines) is 1. The van der Waals surface area contributed by atoms with Gasteiger partial charge in [-0.3, -0.25) is 4.90 Å². The fourth-order valence-electron chi connectivity index (χ4n) is 3.13. The summed E-state index contributed by atoms with van der Waals surface area (Å²) < 4.78 is 6.73. The molecule has 5 heteroatoms. The predicted octanol–water partition coefficient (Wildman–Crippen LogP) is 2.65. The summed E-state index contributed by atoms with van der Waals surface area (Å²) in [5.74, 6) is 0. The molecule has 4 atom stereocenters. The number of hydrogen-bond acceptors (Lipinski definition) is 4. The highest BCUT2D eigenvalue weighted by atomic mass is 35.5. The van der Waals surface area contributed by atoms with Crippen LogP contribution in [0.3, 0.4) is 0 Å². The average Bonchev–Trinajstić information content (AvgIpc) is 2.86. The minimum Gasteiger partial charge on any atom is -0.372 e. The summed E-state index contributed by atoms with van der Waals surface area (Å²) >= 11 is 7.70. The van der Waals surface area contributed by atoms with Crippen LogP contribution < -0.4 is 5.73 Å². The number of fused-ring (bicyclic) bond motifs is 2. The first kappa shape index (κ1) is 12.9. The maximum Gasteiger partial charge on any atom is 0.0931 e. The Hall–Kier alpha value is -0.130. The van der Waals surface area contributed by atoms with E-state index in [0.29, 0.717) is 12.2 Å². The molecule has 1 aromatic heterocycles. The van der Waals surface area contributed by atoms with Crippen LogP contribution in [0.4, 0.5) is 0 Å². The Balaban J connectivity index is 1.82. The van der Waals surface area contributed by atoms with Crippen molar-refractivity contribution in [1.82, 2.24) is 4.90 Å². The Morgan fingerprint density at radius 2 is 2.06 bits per heavy atom. The lowest BCUT2D eigenvalue weighted by atomic mass is 10.1. The predicted molar refractivity (Wildman–Crippen MR) is 75.2 cm³/mol. The molecule has 2 aliphatic rings. The van der Waals surface area contributed by atoms with E-state index < -0.39 is 0 Å². The molecule has 18 heavy (non-hydrogen) atoms. The SMILES string of the molecule is CC(N)C(c1ccc(Cl)s1)N1CC2CCC(C1)O2. The first-order chi connectivity index (χ1) is 8.63. The van der Waals surface area contributed by atoms with E-state index in [4.69, 9.17) is 22.1 Å². The molecule has 0 spiro atoms. The Morgan fingerprint density at radius 1 is 1.39 bits per heavy atom. The lowest BCUT2D eigenvalue weighted by Gasteiger charge is -2.39. The van der Waals surface area contributed by atoms with Crippen molar-refractivity contribution < 1.29 is 4.74 Å². The number of hydrogen-bond donors (Lipinski definition) is 1. The molecule has 3 nitrogen and oxygen atoms in total. The Morgan fingerprint density at radius 3 is 2.56 bits per heavy atom. The molecule has 100 valence electrons. The Bertz CT molecular complexity index is 411. The van der Waals surface area contributed by atoms with Crippen molar-refractivity contribution in [3.8, 4) is 0 Å². The fraction of sp³-hybridized carbons (Fsp3) is 0.692. The maximum atomic E-state index is 6.20. The highest BCUT2D eigenvalue weighted by Gasteiger charge is 2.38. The van der Waals surface area contributed by atoms with Crippen LogP contribution in [0.25, 0.3) is 0 Å². The molecule has 4 unspecified atom stereocenters. The third-order valence-corrected chi connectivity index (χ3v) is 5.15. The number of nitrogens with zero attached hydrogens (tertiary/aromatic N) is 1. The number of halogens is 1. The molecule has 0 aromatic carbocycles. The first-order valence-corrected chi connectivity index (χ1v) is 7.73. The van der Waals surface area contributed by atoms with Crippen LogP contribution in [0.1, 0.15) is 30.7 Å². The highest BCUT2D eigenvalue weighted by molar-refractivity contribution is 7.16. The van der Waals surface area contributed by atoms with Gasteiger partial charge in [0.1, 0.15) is 0 Å². The second kappa shape index (κ2) is 5.10. The van der Waals surface area contributed by atoms with E-state index >= 15 is 0 Å². The van der Waals surface area contributed by atoms with Gasteiger partial charge in [0, 0.05) is 24.0 Å². The van der Waals surface area contributed by atoms with Gasteiger partial charge in [0.15, 0.2) is 0 Å². The second-order valence-corrected chi connectivity index (χ2v) is 7.10. The zero-order valence-electron chi connectivity index (χ0n) is 10.5. The van der Waals surface area contributed by atoms with Gasteiger partial charge in [-0.15, -0.1) is 11.3 Å². The molecule has 2 saturated heterocycles. The molecule has 2 fully saturated rings. The molecule has 0 aliphatic carbocycles. The molecule has 2 aliphatic heterocycles. The first-order valence-electron chi connectivity index (χ1n) is 6.54. The van der Waals surface area contributed by atoms with Gasteiger partial charge in [-0.1, -0.05) is 11.6 Å². The summed E-state index contributed by atoms with van der Waals surface area (Å²) in [4.78, 5) is 3.76.